The summed E-state index contributed by atoms with van der Waals surface area (Å²) >= 11 is 0. The highest BCUT2D eigenvalue weighted by Gasteiger charge is 2.23. The summed E-state index contributed by atoms with van der Waals surface area (Å²) in [5.41, 5.74) is -0.238. The van der Waals surface area contributed by atoms with Crippen LogP contribution in [-0.2, 0) is 11.3 Å². The van der Waals surface area contributed by atoms with Gasteiger partial charge in [-0.2, -0.15) is 0 Å². The number of fused-ring (bicyclic) bond motifs is 1. The molecule has 2 heterocycles. The van der Waals surface area contributed by atoms with E-state index in [0.29, 0.717) is 12.1 Å². The van der Waals surface area contributed by atoms with E-state index in [9.17, 15) is 19.7 Å². The predicted octanol–water partition coefficient (Wildman–Crippen LogP) is 1.71. The van der Waals surface area contributed by atoms with E-state index in [-0.39, 0.29) is 29.6 Å². The first-order valence-corrected chi connectivity index (χ1v) is 7.90. The van der Waals surface area contributed by atoms with Crippen LogP contribution in [0.2, 0.25) is 0 Å². The molecule has 1 atom stereocenters. The van der Waals surface area contributed by atoms with E-state index in [1.54, 1.807) is 4.90 Å². The number of hydrogen-bond donors (Lipinski definition) is 0. The molecule has 1 amide bonds. The van der Waals surface area contributed by atoms with Gasteiger partial charge in [0, 0.05) is 24.7 Å². The maximum absolute atomic E-state index is 12.5. The van der Waals surface area contributed by atoms with Crippen LogP contribution in [0.4, 0.5) is 5.69 Å². The number of nitrogens with zero attached hydrogens (tertiary/aromatic N) is 4. The van der Waals surface area contributed by atoms with Crippen molar-refractivity contribution in [3.05, 3.63) is 45.0 Å². The number of piperidine rings is 1. The molecule has 1 fully saturated rings. The van der Waals surface area contributed by atoms with Crippen molar-refractivity contribution in [2.24, 2.45) is 0 Å². The molecule has 1 aromatic heterocycles. The summed E-state index contributed by atoms with van der Waals surface area (Å²) in [4.78, 5) is 41.2. The van der Waals surface area contributed by atoms with E-state index in [1.807, 2.05) is 6.92 Å². The lowest BCUT2D eigenvalue weighted by atomic mass is 10.0. The van der Waals surface area contributed by atoms with E-state index >= 15 is 0 Å². The number of hydrogen-bond acceptors (Lipinski definition) is 5. The van der Waals surface area contributed by atoms with Gasteiger partial charge in [0.25, 0.3) is 11.2 Å². The molecule has 126 valence electrons. The molecule has 0 N–H and O–H groups in total. The molecule has 3 rings (SSSR count). The highest BCUT2D eigenvalue weighted by molar-refractivity contribution is 5.81. The summed E-state index contributed by atoms with van der Waals surface area (Å²) in [6, 6.07) is 4.11. The Morgan fingerprint density at radius 2 is 2.21 bits per heavy atom. The molecule has 24 heavy (non-hydrogen) atoms. The number of non-ortho nitro benzene ring substituents is 1. The summed E-state index contributed by atoms with van der Waals surface area (Å²) in [6.07, 6.45) is 4.35. The van der Waals surface area contributed by atoms with E-state index < -0.39 is 10.5 Å². The molecule has 0 bridgehead atoms. The van der Waals surface area contributed by atoms with Crippen LogP contribution < -0.4 is 5.56 Å². The summed E-state index contributed by atoms with van der Waals surface area (Å²) in [5, 5.41) is 11.0. The van der Waals surface area contributed by atoms with Gasteiger partial charge in [0.05, 0.1) is 22.2 Å². The van der Waals surface area contributed by atoms with Crippen molar-refractivity contribution >= 4 is 22.5 Å². The number of rotatable bonds is 3. The van der Waals surface area contributed by atoms with Crippen molar-refractivity contribution in [3.8, 4) is 0 Å². The smallest absolute Gasteiger partial charge is 0.270 e. The summed E-state index contributed by atoms with van der Waals surface area (Å²) in [6.45, 7) is 2.60. The second kappa shape index (κ2) is 6.38. The number of aromatic nitrogens is 2. The van der Waals surface area contributed by atoms with Crippen LogP contribution in [0.1, 0.15) is 26.2 Å². The number of likely N-dealkylation sites (tertiary alicyclic amines) is 1. The van der Waals surface area contributed by atoms with Gasteiger partial charge >= 0.3 is 0 Å². The molecule has 1 unspecified atom stereocenters. The van der Waals surface area contributed by atoms with Gasteiger partial charge in [-0.05, 0) is 32.3 Å². The Kier molecular flexibility index (Phi) is 4.28. The lowest BCUT2D eigenvalue weighted by Gasteiger charge is -2.33. The number of nitro groups is 1. The average Bonchev–Trinajstić information content (AvgIpc) is 2.57. The van der Waals surface area contributed by atoms with Crippen molar-refractivity contribution < 1.29 is 9.72 Å². The Bertz CT molecular complexity index is 861. The fraction of sp³-hybridized carbons (Fsp3) is 0.438. The van der Waals surface area contributed by atoms with Crippen LogP contribution in [-0.4, -0.2) is 37.9 Å². The molecule has 0 saturated carbocycles. The number of benzene rings is 1. The molecule has 0 aliphatic carbocycles. The third-order valence-electron chi connectivity index (χ3n) is 4.45. The minimum absolute atomic E-state index is 0.102. The van der Waals surface area contributed by atoms with Crippen molar-refractivity contribution in [2.45, 2.75) is 38.8 Å². The first-order valence-electron chi connectivity index (χ1n) is 7.90. The van der Waals surface area contributed by atoms with Crippen LogP contribution >= 0.6 is 0 Å². The highest BCUT2D eigenvalue weighted by atomic mass is 16.6. The van der Waals surface area contributed by atoms with E-state index in [0.717, 1.165) is 19.3 Å². The van der Waals surface area contributed by atoms with Gasteiger partial charge in [-0.1, -0.05) is 0 Å². The summed E-state index contributed by atoms with van der Waals surface area (Å²) in [7, 11) is 0. The van der Waals surface area contributed by atoms with Gasteiger partial charge in [0.15, 0.2) is 0 Å². The molecule has 8 heteroatoms. The molecular weight excluding hydrogens is 312 g/mol. The fourth-order valence-electron chi connectivity index (χ4n) is 3.08. The number of amides is 1. The second-order valence-corrected chi connectivity index (χ2v) is 6.07. The zero-order valence-electron chi connectivity index (χ0n) is 13.3. The lowest BCUT2D eigenvalue weighted by Crippen LogP contribution is -2.44. The van der Waals surface area contributed by atoms with Crippen LogP contribution in [0.25, 0.3) is 10.9 Å². The molecule has 2 aromatic rings. The second-order valence-electron chi connectivity index (χ2n) is 6.07. The summed E-state index contributed by atoms with van der Waals surface area (Å²) < 4.78 is 1.22. The van der Waals surface area contributed by atoms with Gasteiger partial charge in [0.1, 0.15) is 6.54 Å². The first-order chi connectivity index (χ1) is 11.5. The fourth-order valence-corrected chi connectivity index (χ4v) is 3.08. The normalized spacial score (nSPS) is 17.9. The van der Waals surface area contributed by atoms with Crippen LogP contribution in [0.15, 0.2) is 29.3 Å². The maximum atomic E-state index is 12.5. The molecule has 0 radical (unpaired) electrons. The minimum atomic E-state index is -0.559. The van der Waals surface area contributed by atoms with Crippen LogP contribution in [0, 0.1) is 10.1 Å². The SMILES string of the molecule is CC1CCCCN1C(=O)Cn1cnc2ccc([N+](=O)[O-])cc2c1=O. The molecule has 1 saturated heterocycles. The summed E-state index contributed by atoms with van der Waals surface area (Å²) in [5.74, 6) is -0.129. The van der Waals surface area contributed by atoms with E-state index in [2.05, 4.69) is 4.98 Å². The zero-order valence-corrected chi connectivity index (χ0v) is 13.3. The van der Waals surface area contributed by atoms with Crippen LogP contribution in [0.3, 0.4) is 0 Å². The Morgan fingerprint density at radius 1 is 1.42 bits per heavy atom. The van der Waals surface area contributed by atoms with Gasteiger partial charge in [0.2, 0.25) is 5.91 Å². The largest absolute Gasteiger partial charge is 0.338 e. The van der Waals surface area contributed by atoms with Gasteiger partial charge in [-0.25, -0.2) is 4.98 Å². The predicted molar refractivity (Wildman–Crippen MR) is 87.7 cm³/mol. The van der Waals surface area contributed by atoms with E-state index in [4.69, 9.17) is 0 Å². The third kappa shape index (κ3) is 2.99. The van der Waals surface area contributed by atoms with Crippen molar-refractivity contribution in [1.29, 1.82) is 0 Å². The molecule has 1 aliphatic rings. The number of nitro benzene ring substituents is 1. The molecule has 0 spiro atoms. The molecule has 1 aliphatic heterocycles. The van der Waals surface area contributed by atoms with Gasteiger partial charge in [-0.15, -0.1) is 0 Å². The first kappa shape index (κ1) is 16.1. The monoisotopic (exact) mass is 330 g/mol. The Morgan fingerprint density at radius 3 is 2.92 bits per heavy atom. The molecular formula is C16H18N4O4. The van der Waals surface area contributed by atoms with Gasteiger partial charge < -0.3 is 4.90 Å². The Balaban J connectivity index is 1.92. The third-order valence-corrected chi connectivity index (χ3v) is 4.45. The zero-order chi connectivity index (χ0) is 17.3. The topological polar surface area (TPSA) is 98.3 Å². The lowest BCUT2D eigenvalue weighted by molar-refractivity contribution is -0.384. The number of carbonyl (C=O) groups is 1. The van der Waals surface area contributed by atoms with Crippen molar-refractivity contribution in [3.63, 3.8) is 0 Å². The highest BCUT2D eigenvalue weighted by Crippen LogP contribution is 2.18. The van der Waals surface area contributed by atoms with Crippen LogP contribution in [0.5, 0.6) is 0 Å². The van der Waals surface area contributed by atoms with Crippen molar-refractivity contribution in [1.82, 2.24) is 14.5 Å². The Labute approximate surface area is 137 Å². The standard InChI is InChI=1S/C16H18N4O4/c1-11-4-2-3-7-19(11)15(21)9-18-10-17-14-6-5-12(20(23)24)8-13(14)16(18)22/h5-6,8,10-11H,2-4,7,9H2,1H3. The van der Waals surface area contributed by atoms with Gasteiger partial charge in [-0.3, -0.25) is 24.3 Å². The number of carbonyl (C=O) groups excluding carboxylic acids is 1. The van der Waals surface area contributed by atoms with E-state index in [1.165, 1.54) is 29.1 Å². The maximum Gasteiger partial charge on any atom is 0.270 e. The average molecular weight is 330 g/mol. The molecule has 8 nitrogen and oxygen atoms in total. The minimum Gasteiger partial charge on any atom is -0.338 e. The van der Waals surface area contributed by atoms with Crippen molar-refractivity contribution in [2.75, 3.05) is 6.54 Å². The quantitative estimate of drug-likeness (QED) is 0.630. The molecule has 1 aromatic carbocycles. The Hall–Kier alpha value is -2.77.